The second kappa shape index (κ2) is 7.06. The predicted molar refractivity (Wildman–Crippen MR) is 104 cm³/mol. The molecule has 0 bridgehead atoms. The van der Waals surface area contributed by atoms with Crippen molar-refractivity contribution in [2.45, 2.75) is 45.1 Å². The maximum atomic E-state index is 13.0. The minimum Gasteiger partial charge on any atom is -0.496 e. The number of hydrogen-bond donors (Lipinski definition) is 1. The first-order valence-electron chi connectivity index (χ1n) is 9.31. The molecule has 9 nitrogen and oxygen atoms in total. The van der Waals surface area contributed by atoms with Gasteiger partial charge in [-0.05, 0) is 25.8 Å². The van der Waals surface area contributed by atoms with Crippen LogP contribution in [0.25, 0.3) is 22.4 Å². The van der Waals surface area contributed by atoms with E-state index in [0.29, 0.717) is 33.9 Å². The van der Waals surface area contributed by atoms with Crippen molar-refractivity contribution in [3.8, 4) is 17.1 Å². The number of nitro groups is 1. The number of imidazole rings is 1. The summed E-state index contributed by atoms with van der Waals surface area (Å²) in [6.45, 7) is 1.83. The summed E-state index contributed by atoms with van der Waals surface area (Å²) in [6.07, 6.45) is 5.30. The predicted octanol–water partition coefficient (Wildman–Crippen LogP) is 3.52. The number of fused-ring (bicyclic) bond motifs is 1. The van der Waals surface area contributed by atoms with Gasteiger partial charge in [0.25, 0.3) is 11.2 Å². The van der Waals surface area contributed by atoms with Gasteiger partial charge in [-0.15, -0.1) is 0 Å². The molecule has 28 heavy (non-hydrogen) atoms. The Labute approximate surface area is 160 Å². The number of aromatic amines is 1. The Hall–Kier alpha value is -3.23. The Morgan fingerprint density at radius 3 is 2.71 bits per heavy atom. The summed E-state index contributed by atoms with van der Waals surface area (Å²) in [5, 5.41) is 15.5. The first-order valence-corrected chi connectivity index (χ1v) is 9.31. The molecule has 1 saturated carbocycles. The van der Waals surface area contributed by atoms with Gasteiger partial charge < -0.3 is 9.72 Å². The van der Waals surface area contributed by atoms with Crippen molar-refractivity contribution >= 4 is 16.7 Å². The first kappa shape index (κ1) is 18.1. The number of benzene rings is 1. The molecule has 1 aliphatic carbocycles. The molecule has 0 saturated heterocycles. The third kappa shape index (κ3) is 3.02. The maximum absolute atomic E-state index is 13.0. The number of ether oxygens (including phenoxy) is 1. The van der Waals surface area contributed by atoms with Gasteiger partial charge in [-0.2, -0.15) is 5.10 Å². The smallest absolute Gasteiger partial charge is 0.293 e. The number of non-ortho nitro benzene ring substituents is 1. The topological polar surface area (TPSA) is 116 Å². The Morgan fingerprint density at radius 2 is 2.04 bits per heavy atom. The lowest BCUT2D eigenvalue weighted by atomic mass is 9.95. The van der Waals surface area contributed by atoms with Gasteiger partial charge in [0, 0.05) is 6.07 Å². The highest BCUT2D eigenvalue weighted by Gasteiger charge is 2.22. The van der Waals surface area contributed by atoms with Gasteiger partial charge in [-0.3, -0.25) is 14.9 Å². The molecule has 0 spiro atoms. The van der Waals surface area contributed by atoms with E-state index in [-0.39, 0.29) is 17.3 Å². The number of nitrogens with zero attached hydrogens (tertiary/aromatic N) is 4. The average Bonchev–Trinajstić information content (AvgIpc) is 3.17. The largest absolute Gasteiger partial charge is 0.496 e. The van der Waals surface area contributed by atoms with Gasteiger partial charge in [0.15, 0.2) is 0 Å². The minimum absolute atomic E-state index is 0.0748. The second-order valence-corrected chi connectivity index (χ2v) is 7.08. The highest BCUT2D eigenvalue weighted by Crippen LogP contribution is 2.33. The lowest BCUT2D eigenvalue weighted by molar-refractivity contribution is -0.384. The van der Waals surface area contributed by atoms with Gasteiger partial charge in [-0.25, -0.2) is 9.67 Å². The molecule has 0 atom stereocenters. The lowest BCUT2D eigenvalue weighted by Gasteiger charge is -2.22. The number of nitro benzene ring substituents is 1. The van der Waals surface area contributed by atoms with Crippen molar-refractivity contribution in [3.05, 3.63) is 44.4 Å². The quantitative estimate of drug-likeness (QED) is 0.544. The Balaban J connectivity index is 1.84. The van der Waals surface area contributed by atoms with E-state index in [4.69, 9.17) is 4.74 Å². The molecule has 2 aromatic heterocycles. The molecule has 1 aromatic carbocycles. The van der Waals surface area contributed by atoms with Crippen LogP contribution in [0.3, 0.4) is 0 Å². The fourth-order valence-corrected chi connectivity index (χ4v) is 3.85. The van der Waals surface area contributed by atoms with Crippen molar-refractivity contribution in [1.82, 2.24) is 19.7 Å². The van der Waals surface area contributed by atoms with Gasteiger partial charge >= 0.3 is 0 Å². The van der Waals surface area contributed by atoms with Crippen molar-refractivity contribution < 1.29 is 9.66 Å². The molecule has 0 radical (unpaired) electrons. The SMILES string of the molecule is COc1cc([N+](=O)[O-])ccc1-c1nc2c(C)nn(C3CCCCC3)c(=O)c2[nH]1. The van der Waals surface area contributed by atoms with E-state index in [1.54, 1.807) is 10.7 Å². The molecule has 2 heterocycles. The number of aromatic nitrogens is 4. The first-order chi connectivity index (χ1) is 13.5. The van der Waals surface area contributed by atoms with Crippen LogP contribution in [0.1, 0.15) is 43.8 Å². The van der Waals surface area contributed by atoms with Gasteiger partial charge in [0.1, 0.15) is 22.6 Å². The van der Waals surface area contributed by atoms with Gasteiger partial charge in [0.05, 0.1) is 35.4 Å². The van der Waals surface area contributed by atoms with E-state index in [1.807, 2.05) is 6.92 Å². The van der Waals surface area contributed by atoms with Crippen LogP contribution in [0.4, 0.5) is 5.69 Å². The fourth-order valence-electron chi connectivity index (χ4n) is 3.85. The molecule has 1 aliphatic rings. The standard InChI is InChI=1S/C19H21N5O4/c1-11-16-17(19(25)23(22-11)12-6-4-3-5-7-12)21-18(20-16)14-9-8-13(24(26)27)10-15(14)28-2/h8-10,12H,3-7H2,1-2H3,(H,20,21). The number of aryl methyl sites for hydroxylation is 1. The molecule has 1 N–H and O–H groups in total. The highest BCUT2D eigenvalue weighted by molar-refractivity contribution is 5.81. The number of hydrogen-bond acceptors (Lipinski definition) is 6. The van der Waals surface area contributed by atoms with Gasteiger partial charge in [0.2, 0.25) is 0 Å². The second-order valence-electron chi connectivity index (χ2n) is 7.08. The van der Waals surface area contributed by atoms with Crippen LogP contribution in [0, 0.1) is 17.0 Å². The van der Waals surface area contributed by atoms with Crippen LogP contribution in [-0.2, 0) is 0 Å². The molecular formula is C19H21N5O4. The Kier molecular flexibility index (Phi) is 4.58. The highest BCUT2D eigenvalue weighted by atomic mass is 16.6. The monoisotopic (exact) mass is 383 g/mol. The molecule has 3 aromatic rings. The Bertz CT molecular complexity index is 1110. The van der Waals surface area contributed by atoms with Crippen molar-refractivity contribution in [3.63, 3.8) is 0 Å². The molecule has 1 fully saturated rings. The van der Waals surface area contributed by atoms with Crippen LogP contribution in [-0.4, -0.2) is 31.8 Å². The normalized spacial score (nSPS) is 15.1. The molecule has 146 valence electrons. The van der Waals surface area contributed by atoms with E-state index >= 15 is 0 Å². The third-order valence-electron chi connectivity index (χ3n) is 5.30. The van der Waals surface area contributed by atoms with Crippen LogP contribution < -0.4 is 10.3 Å². The zero-order chi connectivity index (χ0) is 19.8. The molecular weight excluding hydrogens is 362 g/mol. The van der Waals surface area contributed by atoms with Crippen molar-refractivity contribution in [2.24, 2.45) is 0 Å². The minimum atomic E-state index is -0.484. The number of rotatable bonds is 4. The van der Waals surface area contributed by atoms with Gasteiger partial charge in [-0.1, -0.05) is 19.3 Å². The van der Waals surface area contributed by atoms with E-state index in [2.05, 4.69) is 15.1 Å². The van der Waals surface area contributed by atoms with E-state index in [0.717, 1.165) is 25.7 Å². The molecule has 0 unspecified atom stereocenters. The van der Waals surface area contributed by atoms with E-state index in [1.165, 1.54) is 25.7 Å². The lowest BCUT2D eigenvalue weighted by Crippen LogP contribution is -2.29. The number of H-pyrrole nitrogens is 1. The summed E-state index contributed by atoms with van der Waals surface area (Å²) in [6, 6.07) is 4.41. The number of methoxy groups -OCH3 is 1. The Morgan fingerprint density at radius 1 is 1.29 bits per heavy atom. The van der Waals surface area contributed by atoms with Crippen molar-refractivity contribution in [1.29, 1.82) is 0 Å². The van der Waals surface area contributed by atoms with Crippen molar-refractivity contribution in [2.75, 3.05) is 7.11 Å². The summed E-state index contributed by atoms with van der Waals surface area (Å²) in [5.41, 5.74) is 1.86. The fraction of sp³-hybridized carbons (Fsp3) is 0.421. The van der Waals surface area contributed by atoms with Crippen LogP contribution >= 0.6 is 0 Å². The molecule has 9 heteroatoms. The summed E-state index contributed by atoms with van der Waals surface area (Å²) < 4.78 is 6.89. The van der Waals surface area contributed by atoms with Crippen LogP contribution in [0.15, 0.2) is 23.0 Å². The van der Waals surface area contributed by atoms with Crippen LogP contribution in [0.2, 0.25) is 0 Å². The van der Waals surface area contributed by atoms with E-state index in [9.17, 15) is 14.9 Å². The molecule has 0 aliphatic heterocycles. The molecule has 4 rings (SSSR count). The number of nitrogens with one attached hydrogen (secondary N) is 1. The van der Waals surface area contributed by atoms with E-state index < -0.39 is 4.92 Å². The maximum Gasteiger partial charge on any atom is 0.293 e. The summed E-state index contributed by atoms with van der Waals surface area (Å²) in [5.74, 6) is 0.733. The molecule has 0 amide bonds. The zero-order valence-electron chi connectivity index (χ0n) is 15.8. The summed E-state index contributed by atoms with van der Waals surface area (Å²) >= 11 is 0. The summed E-state index contributed by atoms with van der Waals surface area (Å²) in [7, 11) is 1.44. The van der Waals surface area contributed by atoms with Crippen LogP contribution in [0.5, 0.6) is 5.75 Å². The average molecular weight is 383 g/mol. The zero-order valence-corrected chi connectivity index (χ0v) is 15.8. The third-order valence-corrected chi connectivity index (χ3v) is 5.30. The summed E-state index contributed by atoms with van der Waals surface area (Å²) in [4.78, 5) is 31.2.